The lowest BCUT2D eigenvalue weighted by Crippen LogP contribution is -2.30. The summed E-state index contributed by atoms with van der Waals surface area (Å²) in [5.74, 6) is 0.758. The number of pyridine rings is 1. The topological polar surface area (TPSA) is 71.1 Å². The zero-order valence-electron chi connectivity index (χ0n) is 12.3. The van der Waals surface area contributed by atoms with Crippen molar-refractivity contribution < 1.29 is 8.42 Å². The summed E-state index contributed by atoms with van der Waals surface area (Å²) < 4.78 is 26.7. The molecule has 2 rings (SSSR count). The van der Waals surface area contributed by atoms with Crippen LogP contribution in [0.3, 0.4) is 0 Å². The van der Waals surface area contributed by atoms with Gasteiger partial charge in [0, 0.05) is 24.8 Å². The van der Waals surface area contributed by atoms with Crippen molar-refractivity contribution in [3.8, 4) is 11.1 Å². The Morgan fingerprint density at radius 3 is 2.33 bits per heavy atom. The quantitative estimate of drug-likeness (QED) is 0.890. The number of hydrogen-bond acceptors (Lipinski definition) is 4. The number of rotatable bonds is 5. The first-order chi connectivity index (χ1) is 9.94. The van der Waals surface area contributed by atoms with E-state index in [1.807, 2.05) is 12.1 Å². The summed E-state index contributed by atoms with van der Waals surface area (Å²) >= 11 is 0. The molecule has 0 aliphatic carbocycles. The molecule has 1 aromatic heterocycles. The summed E-state index contributed by atoms with van der Waals surface area (Å²) in [7, 11) is -1.65. The summed E-state index contributed by atoms with van der Waals surface area (Å²) in [6.45, 7) is 3.58. The zero-order valence-corrected chi connectivity index (χ0v) is 13.1. The summed E-state index contributed by atoms with van der Waals surface area (Å²) in [5, 5.41) is 3.02. The second-order valence-electron chi connectivity index (χ2n) is 4.95. The fourth-order valence-corrected chi connectivity index (χ4v) is 3.28. The largest absolute Gasteiger partial charge is 0.373 e. The molecule has 0 saturated carbocycles. The molecule has 0 radical (unpaired) electrons. The Labute approximate surface area is 125 Å². The minimum absolute atomic E-state index is 0.135. The van der Waals surface area contributed by atoms with Gasteiger partial charge in [0.05, 0.1) is 4.90 Å². The molecule has 1 heterocycles. The molecular formula is C15H19N3O2S. The van der Waals surface area contributed by atoms with Gasteiger partial charge in [-0.05, 0) is 43.7 Å². The zero-order chi connectivity index (χ0) is 15.5. The van der Waals surface area contributed by atoms with E-state index in [0.717, 1.165) is 16.9 Å². The van der Waals surface area contributed by atoms with Crippen LogP contribution in [0.15, 0.2) is 47.5 Å². The number of nitrogens with one attached hydrogen (secondary N) is 2. The highest BCUT2D eigenvalue weighted by molar-refractivity contribution is 7.89. The highest BCUT2D eigenvalue weighted by Gasteiger charge is 2.15. The van der Waals surface area contributed by atoms with Crippen molar-refractivity contribution in [1.82, 2.24) is 9.71 Å². The van der Waals surface area contributed by atoms with Crippen molar-refractivity contribution in [2.75, 3.05) is 12.4 Å². The first-order valence-corrected chi connectivity index (χ1v) is 8.18. The van der Waals surface area contributed by atoms with Crippen molar-refractivity contribution in [1.29, 1.82) is 0 Å². The highest BCUT2D eigenvalue weighted by Crippen LogP contribution is 2.26. The molecule has 5 nitrogen and oxygen atoms in total. The van der Waals surface area contributed by atoms with Crippen LogP contribution in [-0.4, -0.2) is 26.5 Å². The third-order valence-corrected chi connectivity index (χ3v) is 4.59. The molecule has 6 heteroatoms. The first kappa shape index (κ1) is 15.5. The minimum Gasteiger partial charge on any atom is -0.373 e. The Morgan fingerprint density at radius 1 is 1.10 bits per heavy atom. The smallest absolute Gasteiger partial charge is 0.240 e. The monoisotopic (exact) mass is 305 g/mol. The van der Waals surface area contributed by atoms with Crippen LogP contribution in [0.5, 0.6) is 0 Å². The van der Waals surface area contributed by atoms with Gasteiger partial charge >= 0.3 is 0 Å². The third kappa shape index (κ3) is 3.59. The van der Waals surface area contributed by atoms with Gasteiger partial charge in [-0.2, -0.15) is 0 Å². The van der Waals surface area contributed by atoms with Gasteiger partial charge in [-0.25, -0.2) is 18.1 Å². The lowest BCUT2D eigenvalue weighted by Gasteiger charge is -2.11. The average Bonchev–Trinajstić information content (AvgIpc) is 2.46. The molecule has 0 bridgehead atoms. The van der Waals surface area contributed by atoms with Gasteiger partial charge in [0.15, 0.2) is 0 Å². The Kier molecular flexibility index (Phi) is 4.59. The number of sulfonamides is 1. The van der Waals surface area contributed by atoms with E-state index in [-0.39, 0.29) is 10.9 Å². The van der Waals surface area contributed by atoms with Gasteiger partial charge in [0.25, 0.3) is 0 Å². The second-order valence-corrected chi connectivity index (χ2v) is 6.66. The fourth-order valence-electron chi connectivity index (χ4n) is 2.03. The lowest BCUT2D eigenvalue weighted by atomic mass is 10.1. The summed E-state index contributed by atoms with van der Waals surface area (Å²) in [6, 6.07) is 10.4. The van der Waals surface area contributed by atoms with E-state index in [4.69, 9.17) is 0 Å². The van der Waals surface area contributed by atoms with Crippen LogP contribution in [-0.2, 0) is 10.0 Å². The van der Waals surface area contributed by atoms with Gasteiger partial charge in [-0.1, -0.05) is 12.1 Å². The minimum atomic E-state index is -3.46. The fraction of sp³-hybridized carbons (Fsp3) is 0.267. The molecule has 0 aliphatic rings. The molecule has 0 spiro atoms. The molecule has 0 atom stereocenters. The highest BCUT2D eigenvalue weighted by atomic mass is 32.2. The van der Waals surface area contributed by atoms with Gasteiger partial charge in [0.1, 0.15) is 5.82 Å². The summed E-state index contributed by atoms with van der Waals surface area (Å²) in [4.78, 5) is 4.50. The molecule has 1 aromatic carbocycles. The van der Waals surface area contributed by atoms with Crippen LogP contribution in [0.25, 0.3) is 11.1 Å². The van der Waals surface area contributed by atoms with Gasteiger partial charge in [0.2, 0.25) is 10.0 Å². The standard InChI is InChI=1S/C15H19N3O2S/c1-11(2)18-21(19,20)13-8-6-12(7-9-13)14-5-4-10-17-15(14)16-3/h4-11,18H,1-3H3,(H,16,17). The van der Waals surface area contributed by atoms with E-state index in [1.165, 1.54) is 0 Å². The predicted molar refractivity (Wildman–Crippen MR) is 84.7 cm³/mol. The first-order valence-electron chi connectivity index (χ1n) is 6.69. The molecule has 0 amide bonds. The van der Waals surface area contributed by atoms with Crippen LogP contribution in [0.1, 0.15) is 13.8 Å². The number of aromatic nitrogens is 1. The van der Waals surface area contributed by atoms with Crippen LogP contribution in [0.2, 0.25) is 0 Å². The molecular weight excluding hydrogens is 286 g/mol. The SMILES string of the molecule is CNc1ncccc1-c1ccc(S(=O)(=O)NC(C)C)cc1. The second kappa shape index (κ2) is 6.24. The molecule has 21 heavy (non-hydrogen) atoms. The van der Waals surface area contributed by atoms with Crippen molar-refractivity contribution in [3.63, 3.8) is 0 Å². The molecule has 0 aliphatic heterocycles. The Balaban J connectivity index is 2.35. The Hall–Kier alpha value is -1.92. The van der Waals surface area contributed by atoms with Crippen LogP contribution < -0.4 is 10.0 Å². The molecule has 0 saturated heterocycles. The molecule has 2 N–H and O–H groups in total. The number of nitrogens with zero attached hydrogens (tertiary/aromatic N) is 1. The van der Waals surface area contributed by atoms with E-state index < -0.39 is 10.0 Å². The number of hydrogen-bond donors (Lipinski definition) is 2. The third-order valence-electron chi connectivity index (χ3n) is 2.91. The predicted octanol–water partition coefficient (Wildman–Crippen LogP) is 2.48. The summed E-state index contributed by atoms with van der Waals surface area (Å²) in [6.07, 6.45) is 1.71. The van der Waals surface area contributed by atoms with Gasteiger partial charge in [-0.15, -0.1) is 0 Å². The van der Waals surface area contributed by atoms with Crippen molar-refractivity contribution >= 4 is 15.8 Å². The number of benzene rings is 1. The van der Waals surface area contributed by atoms with Crippen molar-refractivity contribution in [2.45, 2.75) is 24.8 Å². The van der Waals surface area contributed by atoms with Crippen LogP contribution >= 0.6 is 0 Å². The van der Waals surface area contributed by atoms with E-state index in [2.05, 4.69) is 15.0 Å². The normalized spacial score (nSPS) is 11.6. The molecule has 112 valence electrons. The molecule has 0 fully saturated rings. The van der Waals surface area contributed by atoms with Gasteiger partial charge < -0.3 is 5.32 Å². The van der Waals surface area contributed by atoms with Crippen LogP contribution in [0.4, 0.5) is 5.82 Å². The Bertz CT molecular complexity index is 710. The van der Waals surface area contributed by atoms with E-state index >= 15 is 0 Å². The van der Waals surface area contributed by atoms with Crippen LogP contribution in [0, 0.1) is 0 Å². The maximum Gasteiger partial charge on any atom is 0.240 e. The van der Waals surface area contributed by atoms with Crippen molar-refractivity contribution in [3.05, 3.63) is 42.6 Å². The molecule has 2 aromatic rings. The van der Waals surface area contributed by atoms with Crippen molar-refractivity contribution in [2.24, 2.45) is 0 Å². The molecule has 0 unspecified atom stereocenters. The maximum absolute atomic E-state index is 12.1. The average molecular weight is 305 g/mol. The maximum atomic E-state index is 12.1. The van der Waals surface area contributed by atoms with Gasteiger partial charge in [-0.3, -0.25) is 0 Å². The summed E-state index contributed by atoms with van der Waals surface area (Å²) in [5.41, 5.74) is 1.84. The number of anilines is 1. The van der Waals surface area contributed by atoms with E-state index in [0.29, 0.717) is 0 Å². The lowest BCUT2D eigenvalue weighted by molar-refractivity contribution is 0.570. The van der Waals surface area contributed by atoms with E-state index in [1.54, 1.807) is 51.4 Å². The Morgan fingerprint density at radius 2 is 1.76 bits per heavy atom. The van der Waals surface area contributed by atoms with E-state index in [9.17, 15) is 8.42 Å².